The van der Waals surface area contributed by atoms with E-state index < -0.39 is 31.3 Å². The fourth-order valence-corrected chi connectivity index (χ4v) is 5.83. The summed E-state index contributed by atoms with van der Waals surface area (Å²) < 4.78 is 131. The molecule has 0 saturated heterocycles. The molecule has 4 rings (SSSR count). The van der Waals surface area contributed by atoms with Gasteiger partial charge in [-0.3, -0.25) is 0 Å². The highest BCUT2D eigenvalue weighted by Crippen LogP contribution is 2.36. The molecule has 0 fully saturated rings. The molecule has 0 bridgehead atoms. The van der Waals surface area contributed by atoms with Crippen molar-refractivity contribution < 1.29 is 51.5 Å². The Kier molecular flexibility index (Phi) is 9.06. The minimum Gasteiger partial charge on any atom is -0.375 e. The Morgan fingerprint density at radius 1 is 0.489 bits per heavy atom. The summed E-state index contributed by atoms with van der Waals surface area (Å²) in [6.07, 6.45) is 0.556. The first-order valence-electron chi connectivity index (χ1n) is 13.1. The molecule has 0 saturated carbocycles. The van der Waals surface area contributed by atoms with Gasteiger partial charge < -0.3 is 8.37 Å². The van der Waals surface area contributed by atoms with Crippen LogP contribution in [-0.2, 0) is 26.7 Å². The molecule has 0 heterocycles. The Labute approximate surface area is 256 Å². The van der Waals surface area contributed by atoms with Crippen LogP contribution in [0.5, 0.6) is 11.5 Å². The summed E-state index contributed by atoms with van der Waals surface area (Å²) in [5.41, 5.74) is -5.45. The Bertz CT molecular complexity index is 1760. The highest BCUT2D eigenvalue weighted by atomic mass is 32.2. The first kappa shape index (κ1) is 33.8. The number of benzene rings is 4. The number of rotatable bonds is 8. The van der Waals surface area contributed by atoms with E-state index in [4.69, 9.17) is 0 Å². The van der Waals surface area contributed by atoms with Crippen LogP contribution < -0.4 is 8.37 Å². The maximum Gasteiger partial charge on any atom is 0.534 e. The van der Waals surface area contributed by atoms with Crippen LogP contribution in [0.2, 0.25) is 0 Å². The lowest BCUT2D eigenvalue weighted by molar-refractivity contribution is -0.0505. The van der Waals surface area contributed by atoms with Crippen molar-refractivity contribution in [3.63, 3.8) is 0 Å². The van der Waals surface area contributed by atoms with Crippen molar-refractivity contribution in [3.8, 4) is 33.8 Å². The van der Waals surface area contributed by atoms with Gasteiger partial charge in [-0.25, -0.2) is 0 Å². The molecule has 4 aromatic carbocycles. The van der Waals surface area contributed by atoms with E-state index >= 15 is 0 Å². The van der Waals surface area contributed by atoms with Crippen molar-refractivity contribution in [2.24, 2.45) is 0 Å². The summed E-state index contributed by atoms with van der Waals surface area (Å²) in [6.45, 7) is 5.83. The summed E-state index contributed by atoms with van der Waals surface area (Å²) in [7, 11) is -11.6. The van der Waals surface area contributed by atoms with Crippen molar-refractivity contribution in [1.82, 2.24) is 0 Å². The minimum atomic E-state index is -5.80. The molecule has 0 N–H and O–H groups in total. The topological polar surface area (TPSA) is 86.7 Å². The summed E-state index contributed by atoms with van der Waals surface area (Å²) in [5, 5.41) is 0. The van der Waals surface area contributed by atoms with E-state index in [1.165, 1.54) is 27.7 Å². The predicted molar refractivity (Wildman–Crippen MR) is 157 cm³/mol. The zero-order chi connectivity index (χ0) is 33.5. The summed E-state index contributed by atoms with van der Waals surface area (Å²) in [4.78, 5) is 0. The summed E-state index contributed by atoms with van der Waals surface area (Å²) in [5.74, 6) is -0.750. The monoisotopic (exact) mass is 672 g/mol. The second kappa shape index (κ2) is 12.0. The molecule has 45 heavy (non-hydrogen) atoms. The van der Waals surface area contributed by atoms with Gasteiger partial charge >= 0.3 is 31.3 Å². The number of alkyl halides is 6. The molecule has 0 radical (unpaired) electrons. The van der Waals surface area contributed by atoms with Gasteiger partial charge in [-0.2, -0.15) is 43.2 Å². The van der Waals surface area contributed by atoms with Gasteiger partial charge in [0, 0.05) is 0 Å². The molecule has 0 spiro atoms. The molecule has 0 aliphatic rings. The third kappa shape index (κ3) is 7.44. The highest BCUT2D eigenvalue weighted by molar-refractivity contribution is 7.88. The Morgan fingerprint density at radius 2 is 0.756 bits per heavy atom. The zero-order valence-corrected chi connectivity index (χ0v) is 25.8. The molecule has 0 aliphatic heterocycles. The minimum absolute atomic E-state index is 0.223. The third-order valence-electron chi connectivity index (χ3n) is 6.86. The zero-order valence-electron chi connectivity index (χ0n) is 24.2. The maximum absolute atomic E-state index is 12.8. The van der Waals surface area contributed by atoms with Crippen LogP contribution in [0.3, 0.4) is 0 Å². The van der Waals surface area contributed by atoms with Crippen LogP contribution in [0, 0.1) is 27.7 Å². The molecular formula is C31H26F6O6S2. The van der Waals surface area contributed by atoms with Crippen molar-refractivity contribution >= 4 is 20.2 Å². The van der Waals surface area contributed by atoms with Crippen LogP contribution in [0.25, 0.3) is 22.3 Å². The van der Waals surface area contributed by atoms with Gasteiger partial charge in [0.05, 0.1) is 0 Å². The second-order valence-electron chi connectivity index (χ2n) is 10.4. The number of hydrogen-bond acceptors (Lipinski definition) is 6. The molecule has 0 aliphatic carbocycles. The third-order valence-corrected chi connectivity index (χ3v) is 8.76. The van der Waals surface area contributed by atoms with Gasteiger partial charge in [0.25, 0.3) is 0 Å². The van der Waals surface area contributed by atoms with Crippen LogP contribution >= 0.6 is 0 Å². The van der Waals surface area contributed by atoms with Gasteiger partial charge in [-0.05, 0) is 114 Å². The fraction of sp³-hybridized carbons (Fsp3) is 0.226. The molecule has 0 unspecified atom stereocenters. The molecule has 240 valence electrons. The number of halogens is 6. The average Bonchev–Trinajstić information content (AvgIpc) is 2.92. The number of aryl methyl sites for hydroxylation is 4. The van der Waals surface area contributed by atoms with E-state index in [2.05, 4.69) is 8.37 Å². The Morgan fingerprint density at radius 3 is 1.00 bits per heavy atom. The van der Waals surface area contributed by atoms with E-state index in [-0.39, 0.29) is 33.8 Å². The van der Waals surface area contributed by atoms with Gasteiger partial charge in [0.2, 0.25) is 0 Å². The number of hydrogen-bond donors (Lipinski definition) is 0. The molecule has 6 nitrogen and oxygen atoms in total. The van der Waals surface area contributed by atoms with Crippen molar-refractivity contribution in [3.05, 3.63) is 106 Å². The highest BCUT2D eigenvalue weighted by Gasteiger charge is 2.49. The fourth-order valence-electron chi connectivity index (χ4n) is 4.68. The van der Waals surface area contributed by atoms with Crippen molar-refractivity contribution in [1.29, 1.82) is 0 Å². The smallest absolute Gasteiger partial charge is 0.375 e. The van der Waals surface area contributed by atoms with Gasteiger partial charge in [-0.15, -0.1) is 0 Å². The molecular weight excluding hydrogens is 646 g/mol. The lowest BCUT2D eigenvalue weighted by Crippen LogP contribution is -2.28. The maximum atomic E-state index is 12.8. The van der Waals surface area contributed by atoms with Gasteiger partial charge in [-0.1, -0.05) is 48.5 Å². The first-order valence-corrected chi connectivity index (χ1v) is 15.9. The van der Waals surface area contributed by atoms with Crippen LogP contribution in [0.4, 0.5) is 26.3 Å². The Hall–Kier alpha value is -4.04. The average molecular weight is 673 g/mol. The molecule has 0 atom stereocenters. The quantitative estimate of drug-likeness (QED) is 0.106. The van der Waals surface area contributed by atoms with E-state index in [0.717, 1.165) is 22.3 Å². The van der Waals surface area contributed by atoms with E-state index in [1.807, 2.05) is 48.5 Å². The standard InChI is InChI=1S/C31H26F6O6S2/c1-18-13-26(14-19(2)28(18)42-44(38,39)30(32,33)34)24-9-5-22(6-10-24)17-23-7-11-25(12-8-23)27-15-20(3)29(21(4)16-27)43-45(40,41)31(35,36)37/h5-16H,17H2,1-4H3. The SMILES string of the molecule is Cc1cc(-c2ccc(Cc3ccc(-c4cc(C)c(OS(=O)(=O)C(F)(F)F)c(C)c4)cc3)cc2)cc(C)c1OS(=O)(=O)C(F)(F)F. The summed E-state index contributed by atoms with van der Waals surface area (Å²) in [6, 6.07) is 21.0. The normalized spacial score (nSPS) is 12.7. The Balaban J connectivity index is 1.48. The van der Waals surface area contributed by atoms with E-state index in [0.29, 0.717) is 17.5 Å². The predicted octanol–water partition coefficient (Wildman–Crippen LogP) is 8.30. The molecule has 14 heteroatoms. The second-order valence-corrected chi connectivity index (χ2v) is 13.5. The van der Waals surface area contributed by atoms with Crippen LogP contribution in [0.1, 0.15) is 33.4 Å². The van der Waals surface area contributed by atoms with Crippen molar-refractivity contribution in [2.45, 2.75) is 45.1 Å². The lowest BCUT2D eigenvalue weighted by Gasteiger charge is -2.15. The molecule has 0 amide bonds. The first-order chi connectivity index (χ1) is 20.7. The van der Waals surface area contributed by atoms with Gasteiger partial charge in [0.15, 0.2) is 0 Å². The van der Waals surface area contributed by atoms with E-state index in [9.17, 15) is 43.2 Å². The summed E-state index contributed by atoms with van der Waals surface area (Å²) >= 11 is 0. The van der Waals surface area contributed by atoms with Crippen molar-refractivity contribution in [2.75, 3.05) is 0 Å². The molecule has 0 aromatic heterocycles. The lowest BCUT2D eigenvalue weighted by atomic mass is 9.96. The van der Waals surface area contributed by atoms with Gasteiger partial charge in [0.1, 0.15) is 11.5 Å². The molecule has 4 aromatic rings. The largest absolute Gasteiger partial charge is 0.534 e. The van der Waals surface area contributed by atoms with Crippen LogP contribution in [0.15, 0.2) is 72.8 Å². The van der Waals surface area contributed by atoms with Crippen LogP contribution in [-0.4, -0.2) is 27.9 Å². The van der Waals surface area contributed by atoms with E-state index in [1.54, 1.807) is 24.3 Å².